The van der Waals surface area contributed by atoms with Crippen molar-refractivity contribution in [1.82, 2.24) is 0 Å². The molecule has 0 aliphatic carbocycles. The number of hydrogen-bond acceptors (Lipinski definition) is 0. The van der Waals surface area contributed by atoms with Gasteiger partial charge in [-0.15, -0.1) is 0 Å². The van der Waals surface area contributed by atoms with E-state index in [0.717, 1.165) is 0 Å². The van der Waals surface area contributed by atoms with Gasteiger partial charge in [0.1, 0.15) is 0 Å². The third kappa shape index (κ3) is 8.83. The summed E-state index contributed by atoms with van der Waals surface area (Å²) in [6, 6.07) is 0. The first-order valence-corrected chi connectivity index (χ1v) is 0. The summed E-state index contributed by atoms with van der Waals surface area (Å²) in [5.74, 6) is 0. The van der Waals surface area contributed by atoms with Crippen molar-refractivity contribution >= 4 is 0 Å². The van der Waals surface area contributed by atoms with Gasteiger partial charge in [-0.25, -0.2) is 0 Å². The van der Waals surface area contributed by atoms with E-state index in [4.69, 9.17) is 0 Å². The van der Waals surface area contributed by atoms with Gasteiger partial charge in [-0.3, -0.25) is 0 Å². The van der Waals surface area contributed by atoms with E-state index < -0.39 is 0 Å². The summed E-state index contributed by atoms with van der Waals surface area (Å²) in [6.45, 7) is 0. The van der Waals surface area contributed by atoms with Crippen LogP contribution < -0.4 is 0 Å². The smallest absolute Gasteiger partial charge is 0 e. The monoisotopic (exact) mass is 451 g/mol. The van der Waals surface area contributed by atoms with E-state index in [9.17, 15) is 0 Å². The molecule has 3 radical (unpaired) electrons. The van der Waals surface area contributed by atoms with Crippen molar-refractivity contribution < 1.29 is 76.2 Å². The van der Waals surface area contributed by atoms with Gasteiger partial charge in [-0.05, 0) is 0 Å². The van der Waals surface area contributed by atoms with Crippen LogP contribution >= 0.6 is 0 Å². The fourth-order valence-electron chi connectivity index (χ4n) is 0. The number of hydrogen-bond donors (Lipinski definition) is 0. The molecule has 0 rings (SSSR count). The minimum Gasteiger partial charge on any atom is 0 e. The molecule has 0 aromatic heterocycles. The Labute approximate surface area is 75.2 Å². The normalized spacial score (nSPS) is 0. The molecular weight excluding hydrogens is 449 g/mol. The van der Waals surface area contributed by atoms with E-state index >= 15 is 0 Å². The van der Waals surface area contributed by atoms with Crippen LogP contribution in [-0.4, -0.2) is 0 Å². The summed E-state index contributed by atoms with van der Waals surface area (Å²) < 4.78 is 0. The summed E-state index contributed by atoms with van der Waals surface area (Å²) in [5.41, 5.74) is 0. The average molecular weight is 449 g/mol. The van der Waals surface area contributed by atoms with Gasteiger partial charge in [0.05, 0.1) is 0 Å². The van der Waals surface area contributed by atoms with Gasteiger partial charge in [-0.2, -0.15) is 0 Å². The Hall–Kier alpha value is 2.42. The van der Waals surface area contributed by atoms with E-state index in [1.54, 1.807) is 0 Å². The minimum absolute atomic E-state index is 0. The molecule has 0 atom stereocenters. The van der Waals surface area contributed by atoms with Gasteiger partial charge in [0, 0.05) is 76.2 Å². The molecule has 0 fully saturated rings. The second kappa shape index (κ2) is 18.1. The number of rotatable bonds is 0. The van der Waals surface area contributed by atoms with Crippen molar-refractivity contribution in [1.29, 1.82) is 0 Å². The quantitative estimate of drug-likeness (QED) is 0.457. The van der Waals surface area contributed by atoms with Crippen molar-refractivity contribution in [3.8, 4) is 0 Å². The SMILES string of the molecule is [Co].[Re].[Rh].[Ru]. The molecule has 0 aromatic carbocycles. The second-order valence-electron chi connectivity index (χ2n) is 0. The molecule has 4 heavy (non-hydrogen) atoms. The Morgan fingerprint density at radius 3 is 1.00 bits per heavy atom. The van der Waals surface area contributed by atoms with E-state index in [0.29, 0.717) is 0 Å². The van der Waals surface area contributed by atoms with Crippen LogP contribution in [0.4, 0.5) is 0 Å². The van der Waals surface area contributed by atoms with E-state index in [2.05, 4.69) is 0 Å². The van der Waals surface area contributed by atoms with Crippen LogP contribution in [0.5, 0.6) is 0 Å². The third-order valence-corrected chi connectivity index (χ3v) is 0. The van der Waals surface area contributed by atoms with Crippen molar-refractivity contribution in [2.45, 2.75) is 0 Å². The largest absolute Gasteiger partial charge is 0 e. The Morgan fingerprint density at radius 1 is 1.00 bits per heavy atom. The van der Waals surface area contributed by atoms with Gasteiger partial charge in [0.25, 0.3) is 0 Å². The Balaban J connectivity index is 0. The van der Waals surface area contributed by atoms with E-state index in [1.807, 2.05) is 0 Å². The van der Waals surface area contributed by atoms with Crippen LogP contribution in [0.25, 0.3) is 0 Å². The Morgan fingerprint density at radius 2 is 1.00 bits per heavy atom. The van der Waals surface area contributed by atoms with Crippen molar-refractivity contribution in [2.24, 2.45) is 0 Å². The summed E-state index contributed by atoms with van der Waals surface area (Å²) >= 11 is 0. The van der Waals surface area contributed by atoms with E-state index in [1.165, 1.54) is 0 Å². The zero-order chi connectivity index (χ0) is 0. The predicted octanol–water partition coefficient (Wildman–Crippen LogP) is -0.0100. The molecule has 0 saturated heterocycles. The molecule has 0 amide bonds. The van der Waals surface area contributed by atoms with Crippen molar-refractivity contribution in [3.05, 3.63) is 0 Å². The van der Waals surface area contributed by atoms with Crippen molar-refractivity contribution in [2.75, 3.05) is 0 Å². The fourth-order valence-corrected chi connectivity index (χ4v) is 0. The first-order valence-electron chi connectivity index (χ1n) is 0. The predicted molar refractivity (Wildman–Crippen MR) is 0 cm³/mol. The fraction of sp³-hybridized carbons (Fsp3) is 0. The molecule has 0 heterocycles. The van der Waals surface area contributed by atoms with Crippen LogP contribution in [0.1, 0.15) is 0 Å². The molecule has 33 valence electrons. The first-order chi connectivity index (χ1) is 0. The maximum Gasteiger partial charge on any atom is 0 e. The summed E-state index contributed by atoms with van der Waals surface area (Å²) in [5, 5.41) is 0. The standard InChI is InChI=1S/Co.Re.Rh.Ru. The van der Waals surface area contributed by atoms with Gasteiger partial charge < -0.3 is 0 Å². The van der Waals surface area contributed by atoms with Gasteiger partial charge in [0.2, 0.25) is 0 Å². The zero-order valence-corrected chi connectivity index (χ0v) is 8.53. The van der Waals surface area contributed by atoms with E-state index in [-0.39, 0.29) is 76.2 Å². The zero-order valence-electron chi connectivity index (χ0n) is 1.40. The van der Waals surface area contributed by atoms with Gasteiger partial charge in [-0.1, -0.05) is 0 Å². The molecule has 0 nitrogen and oxygen atoms in total. The maximum atomic E-state index is 0. The third-order valence-electron chi connectivity index (χ3n) is 0. The Bertz CT molecular complexity index is 8.00. The Kier molecular flexibility index (Phi) is 146. The molecule has 0 aliphatic rings. The van der Waals surface area contributed by atoms with Crippen LogP contribution in [0.15, 0.2) is 0 Å². The molecule has 0 aromatic rings. The minimum atomic E-state index is 0. The van der Waals surface area contributed by atoms with Crippen molar-refractivity contribution in [3.63, 3.8) is 0 Å². The maximum absolute atomic E-state index is 0. The van der Waals surface area contributed by atoms with Gasteiger partial charge >= 0.3 is 0 Å². The molecule has 4 heteroatoms. The molecule has 0 bridgehead atoms. The molecule has 0 N–H and O–H groups in total. The van der Waals surface area contributed by atoms with Crippen LogP contribution in [-0.2, 0) is 76.2 Å². The summed E-state index contributed by atoms with van der Waals surface area (Å²) in [6.07, 6.45) is 0. The molecular formula is CoReRhRu. The first kappa shape index (κ1) is 32.2. The van der Waals surface area contributed by atoms with Crippen LogP contribution in [0, 0.1) is 0 Å². The molecule has 0 aliphatic heterocycles. The second-order valence-corrected chi connectivity index (χ2v) is 0. The summed E-state index contributed by atoms with van der Waals surface area (Å²) in [4.78, 5) is 0. The van der Waals surface area contributed by atoms with Crippen LogP contribution in [0.2, 0.25) is 0 Å². The molecule has 0 spiro atoms. The molecule has 0 unspecified atom stereocenters. The average Bonchev–Trinajstić information content (AvgIpc) is 0. The molecule has 0 saturated carbocycles. The topological polar surface area (TPSA) is 0 Å². The summed E-state index contributed by atoms with van der Waals surface area (Å²) in [7, 11) is 0. The van der Waals surface area contributed by atoms with Crippen LogP contribution in [0.3, 0.4) is 0 Å². The van der Waals surface area contributed by atoms with Gasteiger partial charge in [0.15, 0.2) is 0 Å².